The van der Waals surface area contributed by atoms with Crippen LogP contribution in [0.4, 0.5) is 5.69 Å². The highest BCUT2D eigenvalue weighted by Crippen LogP contribution is 2.31. The Morgan fingerprint density at radius 1 is 0.867 bits per heavy atom. The zero-order valence-electron chi connectivity index (χ0n) is 16.5. The van der Waals surface area contributed by atoms with E-state index in [-0.39, 0.29) is 11.8 Å². The number of hydrogen-bond donors (Lipinski definition) is 1. The smallest absolute Gasteiger partial charge is 0.254 e. The first-order chi connectivity index (χ1) is 14.7. The highest BCUT2D eigenvalue weighted by molar-refractivity contribution is 6.07. The zero-order chi connectivity index (χ0) is 20.5. The fourth-order valence-corrected chi connectivity index (χ4v) is 4.22. The summed E-state index contributed by atoms with van der Waals surface area (Å²) in [6.45, 7) is 0.594. The first-order valence-electron chi connectivity index (χ1n) is 10.3. The highest BCUT2D eigenvalue weighted by atomic mass is 16.3. The number of para-hydroxylation sites is 1. The van der Waals surface area contributed by atoms with Crippen molar-refractivity contribution in [2.45, 2.75) is 25.3 Å². The fraction of sp³-hybridized carbons (Fsp3) is 0.200. The lowest BCUT2D eigenvalue weighted by Gasteiger charge is -2.34. The summed E-state index contributed by atoms with van der Waals surface area (Å²) in [4.78, 5) is 27.8. The number of nitrogens with one attached hydrogen (secondary N) is 1. The van der Waals surface area contributed by atoms with Crippen LogP contribution in [0.5, 0.6) is 0 Å². The van der Waals surface area contributed by atoms with Crippen LogP contribution in [-0.2, 0) is 4.79 Å². The van der Waals surface area contributed by atoms with Crippen molar-refractivity contribution in [1.82, 2.24) is 4.90 Å². The molecular weight excluding hydrogens is 376 g/mol. The second kappa shape index (κ2) is 7.67. The average molecular weight is 398 g/mol. The Hall–Kier alpha value is -3.60. The molecule has 1 N–H and O–H groups in total. The molecule has 0 bridgehead atoms. The quantitative estimate of drug-likeness (QED) is 0.515. The monoisotopic (exact) mass is 398 g/mol. The van der Waals surface area contributed by atoms with Crippen molar-refractivity contribution in [3.05, 3.63) is 78.4 Å². The van der Waals surface area contributed by atoms with Crippen LogP contribution in [0.3, 0.4) is 0 Å². The predicted octanol–water partition coefficient (Wildman–Crippen LogP) is 5.22. The van der Waals surface area contributed by atoms with Gasteiger partial charge in [-0.2, -0.15) is 0 Å². The molecule has 1 fully saturated rings. The standard InChI is InChI=1S/C25H22N2O3/c28-24(21-11-6-7-15-27(21)25(29)17-8-2-1-3-9-17)26-18-13-14-23-20(16-18)19-10-4-5-12-22(19)30-23/h1-5,8-10,12-14,16,21H,6-7,11,15H2,(H,26,28)/t21-/m0/s1. The van der Waals surface area contributed by atoms with Gasteiger partial charge >= 0.3 is 0 Å². The Labute approximate surface area is 174 Å². The first kappa shape index (κ1) is 18.4. The van der Waals surface area contributed by atoms with Crippen molar-refractivity contribution in [2.24, 2.45) is 0 Å². The number of hydrogen-bond acceptors (Lipinski definition) is 3. The Morgan fingerprint density at radius 2 is 1.63 bits per heavy atom. The molecular formula is C25H22N2O3. The molecule has 2 heterocycles. The van der Waals surface area contributed by atoms with Crippen molar-refractivity contribution in [2.75, 3.05) is 11.9 Å². The number of anilines is 1. The van der Waals surface area contributed by atoms with Gasteiger partial charge in [-0.15, -0.1) is 0 Å². The number of likely N-dealkylation sites (tertiary alicyclic amines) is 1. The molecule has 30 heavy (non-hydrogen) atoms. The number of furan rings is 1. The topological polar surface area (TPSA) is 62.6 Å². The maximum absolute atomic E-state index is 13.1. The van der Waals surface area contributed by atoms with Crippen molar-refractivity contribution in [1.29, 1.82) is 0 Å². The van der Waals surface area contributed by atoms with E-state index in [2.05, 4.69) is 5.32 Å². The summed E-state index contributed by atoms with van der Waals surface area (Å²) in [6.07, 6.45) is 2.51. The van der Waals surface area contributed by atoms with Crippen LogP contribution in [0, 0.1) is 0 Å². The lowest BCUT2D eigenvalue weighted by Crippen LogP contribution is -2.50. The molecule has 0 aliphatic carbocycles. The summed E-state index contributed by atoms with van der Waals surface area (Å²) >= 11 is 0. The van der Waals surface area contributed by atoms with Crippen LogP contribution in [-0.4, -0.2) is 29.3 Å². The number of fused-ring (bicyclic) bond motifs is 3. The largest absolute Gasteiger partial charge is 0.456 e. The SMILES string of the molecule is O=C(Nc1ccc2oc3ccccc3c2c1)[C@@H]1CCCCN1C(=O)c1ccccc1. The van der Waals surface area contributed by atoms with E-state index in [1.54, 1.807) is 17.0 Å². The number of nitrogens with zero attached hydrogens (tertiary/aromatic N) is 1. The highest BCUT2D eigenvalue weighted by Gasteiger charge is 2.32. The fourth-order valence-electron chi connectivity index (χ4n) is 4.22. The Bertz CT molecular complexity index is 1230. The van der Waals surface area contributed by atoms with Crippen molar-refractivity contribution in [3.63, 3.8) is 0 Å². The van der Waals surface area contributed by atoms with Gasteiger partial charge in [-0.1, -0.05) is 36.4 Å². The third kappa shape index (κ3) is 3.32. The summed E-state index contributed by atoms with van der Waals surface area (Å²) < 4.78 is 5.86. The lowest BCUT2D eigenvalue weighted by molar-refractivity contribution is -0.121. The predicted molar refractivity (Wildman–Crippen MR) is 117 cm³/mol. The maximum Gasteiger partial charge on any atom is 0.254 e. The molecule has 0 saturated carbocycles. The van der Waals surface area contributed by atoms with Gasteiger partial charge in [-0.25, -0.2) is 0 Å². The number of carbonyl (C=O) groups is 2. The van der Waals surface area contributed by atoms with Crippen molar-refractivity contribution < 1.29 is 14.0 Å². The molecule has 1 atom stereocenters. The summed E-state index contributed by atoms with van der Waals surface area (Å²) in [7, 11) is 0. The molecule has 1 aliphatic rings. The van der Waals surface area contributed by atoms with Gasteiger partial charge in [0.2, 0.25) is 5.91 Å². The van der Waals surface area contributed by atoms with E-state index >= 15 is 0 Å². The van der Waals surface area contributed by atoms with Gasteiger partial charge in [-0.05, 0) is 55.7 Å². The molecule has 2 amide bonds. The zero-order valence-corrected chi connectivity index (χ0v) is 16.5. The van der Waals surface area contributed by atoms with Crippen LogP contribution in [0.2, 0.25) is 0 Å². The Morgan fingerprint density at radius 3 is 2.50 bits per heavy atom. The van der Waals surface area contributed by atoms with E-state index in [4.69, 9.17) is 4.42 Å². The van der Waals surface area contributed by atoms with Crippen LogP contribution in [0.25, 0.3) is 21.9 Å². The van der Waals surface area contributed by atoms with Crippen molar-refractivity contribution in [3.8, 4) is 0 Å². The van der Waals surface area contributed by atoms with E-state index in [1.807, 2.05) is 60.7 Å². The molecule has 4 aromatic rings. The normalized spacial score (nSPS) is 16.7. The molecule has 5 heteroatoms. The van der Waals surface area contributed by atoms with Gasteiger partial charge in [0.25, 0.3) is 5.91 Å². The van der Waals surface area contributed by atoms with Crippen LogP contribution in [0.1, 0.15) is 29.6 Å². The number of benzene rings is 3. The number of piperidine rings is 1. The van der Waals surface area contributed by atoms with Gasteiger partial charge in [0.05, 0.1) is 0 Å². The second-order valence-corrected chi connectivity index (χ2v) is 7.67. The summed E-state index contributed by atoms with van der Waals surface area (Å²) in [6, 6.07) is 22.2. The molecule has 0 unspecified atom stereocenters. The van der Waals surface area contributed by atoms with Crippen LogP contribution < -0.4 is 5.32 Å². The first-order valence-corrected chi connectivity index (χ1v) is 10.3. The van der Waals surface area contributed by atoms with Gasteiger partial charge < -0.3 is 14.6 Å². The average Bonchev–Trinajstić information content (AvgIpc) is 3.17. The second-order valence-electron chi connectivity index (χ2n) is 7.67. The van der Waals surface area contributed by atoms with Crippen LogP contribution >= 0.6 is 0 Å². The Kier molecular flexibility index (Phi) is 4.71. The van der Waals surface area contributed by atoms with E-state index in [0.717, 1.165) is 34.8 Å². The molecule has 1 saturated heterocycles. The molecule has 3 aromatic carbocycles. The van der Waals surface area contributed by atoms with E-state index in [9.17, 15) is 9.59 Å². The minimum Gasteiger partial charge on any atom is -0.456 e. The van der Waals surface area contributed by atoms with Gasteiger partial charge in [-0.3, -0.25) is 9.59 Å². The lowest BCUT2D eigenvalue weighted by atomic mass is 9.99. The Balaban J connectivity index is 1.40. The third-order valence-electron chi connectivity index (χ3n) is 5.73. The minimum atomic E-state index is -0.469. The molecule has 5 nitrogen and oxygen atoms in total. The summed E-state index contributed by atoms with van der Waals surface area (Å²) in [5, 5.41) is 5.00. The molecule has 0 radical (unpaired) electrons. The van der Waals surface area contributed by atoms with E-state index in [0.29, 0.717) is 24.2 Å². The van der Waals surface area contributed by atoms with Gasteiger partial charge in [0.15, 0.2) is 0 Å². The van der Waals surface area contributed by atoms with Gasteiger partial charge in [0, 0.05) is 28.6 Å². The summed E-state index contributed by atoms with van der Waals surface area (Å²) in [5.74, 6) is -0.238. The molecule has 1 aliphatic heterocycles. The summed E-state index contributed by atoms with van der Waals surface area (Å²) in [5.41, 5.74) is 2.93. The van der Waals surface area contributed by atoms with Gasteiger partial charge in [0.1, 0.15) is 17.2 Å². The molecule has 150 valence electrons. The van der Waals surface area contributed by atoms with Crippen molar-refractivity contribution >= 4 is 39.4 Å². The third-order valence-corrected chi connectivity index (χ3v) is 5.73. The van der Waals surface area contributed by atoms with Crippen LogP contribution in [0.15, 0.2) is 77.2 Å². The molecule has 1 aromatic heterocycles. The minimum absolute atomic E-state index is 0.0910. The number of amides is 2. The molecule has 5 rings (SSSR count). The number of rotatable bonds is 3. The number of carbonyl (C=O) groups excluding carboxylic acids is 2. The molecule has 0 spiro atoms. The maximum atomic E-state index is 13.1. The van der Waals surface area contributed by atoms with E-state index < -0.39 is 6.04 Å². The van der Waals surface area contributed by atoms with E-state index in [1.165, 1.54) is 0 Å².